The average molecular weight is 239 g/mol. The quantitative estimate of drug-likeness (QED) is 0.792. The van der Waals surface area contributed by atoms with Crippen molar-refractivity contribution in [3.63, 3.8) is 0 Å². The van der Waals surface area contributed by atoms with Gasteiger partial charge in [-0.05, 0) is 0 Å². The Balaban J connectivity index is 2.73. The summed E-state index contributed by atoms with van der Waals surface area (Å²) in [6, 6.07) is 5.33. The number of carboxylic acid groups (broad SMARTS) is 1. The Kier molecular flexibility index (Phi) is 4.63. The van der Waals surface area contributed by atoms with E-state index in [0.29, 0.717) is 18.0 Å². The number of rotatable bonds is 6. The van der Waals surface area contributed by atoms with E-state index in [-0.39, 0.29) is 0 Å². The van der Waals surface area contributed by atoms with E-state index in [0.717, 1.165) is 5.69 Å². The van der Waals surface area contributed by atoms with Crippen molar-refractivity contribution in [1.82, 2.24) is 0 Å². The van der Waals surface area contributed by atoms with Crippen molar-refractivity contribution in [3.05, 3.63) is 18.2 Å². The molecular weight excluding hydrogens is 222 g/mol. The van der Waals surface area contributed by atoms with Gasteiger partial charge in [-0.2, -0.15) is 0 Å². The van der Waals surface area contributed by atoms with Crippen LogP contribution < -0.4 is 14.8 Å². The molecule has 1 aromatic rings. The number of aliphatic carboxylic acids is 1. The third-order valence-corrected chi connectivity index (χ3v) is 2.39. The number of carbonyl (C=O) groups is 1. The van der Waals surface area contributed by atoms with E-state index in [1.807, 2.05) is 0 Å². The third kappa shape index (κ3) is 3.86. The van der Waals surface area contributed by atoms with Gasteiger partial charge in [-0.25, -0.2) is 0 Å². The molecule has 0 saturated heterocycles. The van der Waals surface area contributed by atoms with Gasteiger partial charge >= 0.3 is 5.97 Å². The zero-order valence-corrected chi connectivity index (χ0v) is 10.2. The van der Waals surface area contributed by atoms with Gasteiger partial charge in [-0.3, -0.25) is 4.79 Å². The minimum atomic E-state index is -0.827. The SMILES string of the molecule is COc1cc(NCC(C)C(=O)O)cc(OC)c1. The molecule has 0 fully saturated rings. The van der Waals surface area contributed by atoms with Gasteiger partial charge in [0.15, 0.2) is 0 Å². The van der Waals surface area contributed by atoms with Gasteiger partial charge in [0.05, 0.1) is 20.1 Å². The van der Waals surface area contributed by atoms with Crippen LogP contribution in [0.4, 0.5) is 5.69 Å². The molecule has 0 aliphatic carbocycles. The number of nitrogens with one attached hydrogen (secondary N) is 1. The second-order valence-corrected chi connectivity index (χ2v) is 3.72. The lowest BCUT2D eigenvalue weighted by Crippen LogP contribution is -2.19. The van der Waals surface area contributed by atoms with Crippen LogP contribution in [0.2, 0.25) is 0 Å². The number of hydrogen-bond acceptors (Lipinski definition) is 4. The second kappa shape index (κ2) is 5.98. The summed E-state index contributed by atoms with van der Waals surface area (Å²) in [7, 11) is 3.14. The molecule has 0 spiro atoms. The van der Waals surface area contributed by atoms with Gasteiger partial charge in [0.1, 0.15) is 11.5 Å². The number of hydrogen-bond donors (Lipinski definition) is 2. The molecule has 0 amide bonds. The Labute approximate surface area is 100 Å². The first-order chi connectivity index (χ1) is 8.06. The molecule has 2 N–H and O–H groups in total. The van der Waals surface area contributed by atoms with Crippen LogP contribution in [0.25, 0.3) is 0 Å². The van der Waals surface area contributed by atoms with Gasteiger partial charge in [0.25, 0.3) is 0 Å². The van der Waals surface area contributed by atoms with Gasteiger partial charge in [-0.15, -0.1) is 0 Å². The van der Waals surface area contributed by atoms with Crippen LogP contribution >= 0.6 is 0 Å². The molecule has 0 bridgehead atoms. The fourth-order valence-electron chi connectivity index (χ4n) is 1.27. The van der Waals surface area contributed by atoms with E-state index >= 15 is 0 Å². The Morgan fingerprint density at radius 3 is 2.24 bits per heavy atom. The zero-order chi connectivity index (χ0) is 12.8. The maximum atomic E-state index is 10.7. The lowest BCUT2D eigenvalue weighted by Gasteiger charge is -2.12. The number of ether oxygens (including phenoxy) is 2. The second-order valence-electron chi connectivity index (χ2n) is 3.72. The molecule has 5 heteroatoms. The minimum absolute atomic E-state index is 0.353. The summed E-state index contributed by atoms with van der Waals surface area (Å²) in [6.45, 7) is 2.00. The van der Waals surface area contributed by atoms with Crippen LogP contribution in [0.15, 0.2) is 18.2 Å². The van der Waals surface area contributed by atoms with Crippen molar-refractivity contribution in [2.75, 3.05) is 26.1 Å². The third-order valence-electron chi connectivity index (χ3n) is 2.39. The number of carboxylic acids is 1. The number of benzene rings is 1. The Bertz CT molecular complexity index is 370. The predicted molar refractivity (Wildman–Crippen MR) is 64.8 cm³/mol. The summed E-state index contributed by atoms with van der Waals surface area (Å²) >= 11 is 0. The van der Waals surface area contributed by atoms with Gasteiger partial charge < -0.3 is 19.9 Å². The standard InChI is InChI=1S/C12H17NO4/c1-8(12(14)15)7-13-9-4-10(16-2)6-11(5-9)17-3/h4-6,8,13H,7H2,1-3H3,(H,14,15). The summed E-state index contributed by atoms with van der Waals surface area (Å²) in [5.74, 6) is 0.0456. The van der Waals surface area contributed by atoms with Crippen molar-refractivity contribution >= 4 is 11.7 Å². The molecule has 0 saturated carbocycles. The van der Waals surface area contributed by atoms with Crippen LogP contribution in [0.3, 0.4) is 0 Å². The molecule has 0 aromatic heterocycles. The van der Waals surface area contributed by atoms with E-state index in [4.69, 9.17) is 14.6 Å². The van der Waals surface area contributed by atoms with Crippen LogP contribution in [0.1, 0.15) is 6.92 Å². The molecule has 0 aliphatic rings. The first kappa shape index (κ1) is 13.2. The molecule has 1 unspecified atom stereocenters. The summed E-state index contributed by atoms with van der Waals surface area (Å²) in [6.07, 6.45) is 0. The van der Waals surface area contributed by atoms with Crippen LogP contribution in [0.5, 0.6) is 11.5 Å². The zero-order valence-electron chi connectivity index (χ0n) is 10.2. The van der Waals surface area contributed by atoms with Gasteiger partial charge in [0, 0.05) is 30.4 Å². The smallest absolute Gasteiger partial charge is 0.308 e. The molecule has 1 atom stereocenters. The van der Waals surface area contributed by atoms with Crippen LogP contribution in [0, 0.1) is 5.92 Å². The van der Waals surface area contributed by atoms with E-state index in [2.05, 4.69) is 5.32 Å². The molecule has 0 aliphatic heterocycles. The largest absolute Gasteiger partial charge is 0.497 e. The molecular formula is C12H17NO4. The summed E-state index contributed by atoms with van der Waals surface area (Å²) in [5, 5.41) is 11.8. The van der Waals surface area contributed by atoms with Crippen molar-refractivity contribution in [2.45, 2.75) is 6.92 Å². The maximum absolute atomic E-state index is 10.7. The summed E-state index contributed by atoms with van der Waals surface area (Å²) < 4.78 is 10.2. The predicted octanol–water partition coefficient (Wildman–Crippen LogP) is 1.84. The first-order valence-corrected chi connectivity index (χ1v) is 5.26. The van der Waals surface area contributed by atoms with Crippen molar-refractivity contribution < 1.29 is 19.4 Å². The average Bonchev–Trinajstić information content (AvgIpc) is 2.35. The highest BCUT2D eigenvalue weighted by Crippen LogP contribution is 2.25. The fourth-order valence-corrected chi connectivity index (χ4v) is 1.27. The van der Waals surface area contributed by atoms with E-state index < -0.39 is 11.9 Å². The summed E-state index contributed by atoms with van der Waals surface area (Å²) in [5.41, 5.74) is 0.773. The highest BCUT2D eigenvalue weighted by atomic mass is 16.5. The van der Waals surface area contributed by atoms with Crippen molar-refractivity contribution in [1.29, 1.82) is 0 Å². The molecule has 5 nitrogen and oxygen atoms in total. The number of anilines is 1. The Hall–Kier alpha value is -1.91. The molecule has 0 radical (unpaired) electrons. The maximum Gasteiger partial charge on any atom is 0.308 e. The van der Waals surface area contributed by atoms with Crippen molar-refractivity contribution in [3.8, 4) is 11.5 Å². The summed E-state index contributed by atoms with van der Waals surface area (Å²) in [4.78, 5) is 10.7. The van der Waals surface area contributed by atoms with Crippen LogP contribution in [-0.2, 0) is 4.79 Å². The Morgan fingerprint density at radius 1 is 1.29 bits per heavy atom. The molecule has 94 valence electrons. The highest BCUT2D eigenvalue weighted by Gasteiger charge is 2.10. The Morgan fingerprint density at radius 2 is 1.82 bits per heavy atom. The molecule has 1 aromatic carbocycles. The van der Waals surface area contributed by atoms with E-state index in [1.165, 1.54) is 0 Å². The van der Waals surface area contributed by atoms with Gasteiger partial charge in [-0.1, -0.05) is 6.92 Å². The topological polar surface area (TPSA) is 67.8 Å². The van der Waals surface area contributed by atoms with E-state index in [9.17, 15) is 4.79 Å². The molecule has 17 heavy (non-hydrogen) atoms. The molecule has 0 heterocycles. The monoisotopic (exact) mass is 239 g/mol. The van der Waals surface area contributed by atoms with Gasteiger partial charge in [0.2, 0.25) is 0 Å². The highest BCUT2D eigenvalue weighted by molar-refractivity contribution is 5.70. The fraction of sp³-hybridized carbons (Fsp3) is 0.417. The lowest BCUT2D eigenvalue weighted by atomic mass is 10.2. The normalized spacial score (nSPS) is 11.7. The van der Waals surface area contributed by atoms with Crippen LogP contribution in [-0.4, -0.2) is 31.8 Å². The van der Waals surface area contributed by atoms with E-state index in [1.54, 1.807) is 39.3 Å². The lowest BCUT2D eigenvalue weighted by molar-refractivity contribution is -0.140. The minimum Gasteiger partial charge on any atom is -0.497 e. The van der Waals surface area contributed by atoms with Crippen molar-refractivity contribution in [2.24, 2.45) is 5.92 Å². The first-order valence-electron chi connectivity index (χ1n) is 5.26. The number of methoxy groups -OCH3 is 2. The molecule has 1 rings (SSSR count).